The van der Waals surface area contributed by atoms with Gasteiger partial charge in [-0.25, -0.2) is 14.0 Å². The minimum Gasteiger partial charge on any atom is -0.466 e. The topological polar surface area (TPSA) is 106 Å². The second-order valence-corrected chi connectivity index (χ2v) is 9.50. The maximum atomic E-state index is 15.3. The number of nitrogens with one attached hydrogen (secondary N) is 2. The third-order valence-corrected chi connectivity index (χ3v) is 7.10. The van der Waals surface area contributed by atoms with E-state index in [2.05, 4.69) is 33.6 Å². The Balaban J connectivity index is 1.56. The third-order valence-electron chi connectivity index (χ3n) is 7.10. The number of dihydropyridines is 1. The molecule has 2 aromatic carbocycles. The molecule has 2 aromatic rings. The largest absolute Gasteiger partial charge is 0.466 e. The Morgan fingerprint density at radius 1 is 1.15 bits per heavy atom. The minimum atomic E-state index is -1.20. The maximum Gasteiger partial charge on any atom is 0.338 e. The molecule has 9 heteroatoms. The molecule has 1 saturated heterocycles. The predicted molar refractivity (Wildman–Crippen MR) is 145 cm³/mol. The molecule has 8 nitrogen and oxygen atoms in total. The lowest BCUT2D eigenvalue weighted by molar-refractivity contribution is -0.140. The zero-order valence-electron chi connectivity index (χ0n) is 22.1. The third kappa shape index (κ3) is 6.14. The number of nitrogens with two attached hydrogens (primary N) is 1. The Bertz CT molecular complexity index is 1330. The van der Waals surface area contributed by atoms with Crippen molar-refractivity contribution < 1.29 is 23.5 Å². The van der Waals surface area contributed by atoms with E-state index in [0.29, 0.717) is 12.1 Å². The van der Waals surface area contributed by atoms with E-state index in [9.17, 15) is 9.59 Å². The summed E-state index contributed by atoms with van der Waals surface area (Å²) in [5.41, 5.74) is 7.83. The number of terminal acetylenes is 1. The van der Waals surface area contributed by atoms with Crippen molar-refractivity contribution in [2.24, 2.45) is 5.73 Å². The number of esters is 2. The summed E-state index contributed by atoms with van der Waals surface area (Å²) in [5.74, 6) is -0.970. The summed E-state index contributed by atoms with van der Waals surface area (Å²) in [6, 6.07) is 14.6. The van der Waals surface area contributed by atoms with Gasteiger partial charge in [0.1, 0.15) is 11.6 Å². The highest BCUT2D eigenvalue weighted by molar-refractivity contribution is 6.00. The van der Waals surface area contributed by atoms with E-state index in [1.165, 1.54) is 24.8 Å². The molecule has 2 unspecified atom stereocenters. The van der Waals surface area contributed by atoms with Crippen LogP contribution < -0.4 is 16.4 Å². The molecular formula is C30H33FN4O4. The van der Waals surface area contributed by atoms with Crippen LogP contribution in [0.25, 0.3) is 0 Å². The van der Waals surface area contributed by atoms with E-state index in [1.54, 1.807) is 13.0 Å². The van der Waals surface area contributed by atoms with Crippen LogP contribution in [0.2, 0.25) is 0 Å². The van der Waals surface area contributed by atoms with Gasteiger partial charge in [-0.3, -0.25) is 4.90 Å². The number of benzene rings is 2. The first kappa shape index (κ1) is 27.9. The molecule has 2 atom stereocenters. The van der Waals surface area contributed by atoms with Crippen LogP contribution in [0.5, 0.6) is 0 Å². The lowest BCUT2D eigenvalue weighted by Gasteiger charge is -2.36. The van der Waals surface area contributed by atoms with Crippen LogP contribution in [0.3, 0.4) is 0 Å². The highest BCUT2D eigenvalue weighted by atomic mass is 19.1. The Kier molecular flexibility index (Phi) is 9.02. The molecule has 2 aliphatic heterocycles. The first-order valence-electron chi connectivity index (χ1n) is 12.8. The highest BCUT2D eigenvalue weighted by Crippen LogP contribution is 2.40. The molecule has 0 spiro atoms. The summed E-state index contributed by atoms with van der Waals surface area (Å²) in [6.45, 7) is 5.07. The van der Waals surface area contributed by atoms with E-state index in [1.807, 2.05) is 18.2 Å². The number of rotatable bonds is 8. The van der Waals surface area contributed by atoms with Crippen molar-refractivity contribution in [3.8, 4) is 12.3 Å². The van der Waals surface area contributed by atoms with Crippen molar-refractivity contribution in [2.75, 3.05) is 33.4 Å². The number of methoxy groups -OCH3 is 1. The van der Waals surface area contributed by atoms with Crippen LogP contribution in [0.15, 0.2) is 71.2 Å². The Labute approximate surface area is 228 Å². The zero-order chi connectivity index (χ0) is 27.9. The first-order chi connectivity index (χ1) is 18.8. The van der Waals surface area contributed by atoms with Crippen molar-refractivity contribution >= 4 is 11.9 Å². The molecular weight excluding hydrogens is 499 g/mol. The zero-order valence-corrected chi connectivity index (χ0v) is 22.1. The van der Waals surface area contributed by atoms with E-state index in [-0.39, 0.29) is 40.7 Å². The Morgan fingerprint density at radius 2 is 1.92 bits per heavy atom. The van der Waals surface area contributed by atoms with E-state index in [4.69, 9.17) is 21.6 Å². The molecule has 0 saturated carbocycles. The molecule has 0 bridgehead atoms. The van der Waals surface area contributed by atoms with E-state index < -0.39 is 23.7 Å². The van der Waals surface area contributed by atoms with Crippen molar-refractivity contribution in [2.45, 2.75) is 31.8 Å². The molecule has 4 N–H and O–H groups in total. The van der Waals surface area contributed by atoms with Gasteiger partial charge >= 0.3 is 11.9 Å². The normalized spacial score (nSPS) is 19.7. The van der Waals surface area contributed by atoms with Gasteiger partial charge in [-0.1, -0.05) is 42.3 Å². The summed E-state index contributed by atoms with van der Waals surface area (Å²) >= 11 is 0. The van der Waals surface area contributed by atoms with Gasteiger partial charge in [-0.15, -0.1) is 6.42 Å². The second kappa shape index (κ2) is 12.6. The molecule has 0 aromatic heterocycles. The number of piperazine rings is 1. The van der Waals surface area contributed by atoms with Crippen molar-refractivity contribution in [3.05, 3.63) is 93.7 Å². The van der Waals surface area contributed by atoms with Crippen LogP contribution >= 0.6 is 0 Å². The van der Waals surface area contributed by atoms with Crippen molar-refractivity contribution in [1.29, 1.82) is 0 Å². The number of carbonyl (C=O) groups excluding carboxylic acids is 2. The Hall–Kier alpha value is -4.13. The molecule has 1 fully saturated rings. The monoisotopic (exact) mass is 532 g/mol. The number of halogens is 1. The van der Waals surface area contributed by atoms with Gasteiger partial charge < -0.3 is 25.8 Å². The summed E-state index contributed by atoms with van der Waals surface area (Å²) in [6.07, 6.45) is 6.25. The molecule has 0 amide bonds. The number of hydrogen-bond acceptors (Lipinski definition) is 8. The quantitative estimate of drug-likeness (QED) is 0.352. The molecule has 4 rings (SSSR count). The molecule has 0 aliphatic carbocycles. The van der Waals surface area contributed by atoms with Crippen LogP contribution in [0.1, 0.15) is 36.0 Å². The number of hydrogen-bond donors (Lipinski definition) is 3. The van der Waals surface area contributed by atoms with Gasteiger partial charge in [0.05, 0.1) is 30.8 Å². The number of nitrogens with zero attached hydrogens (tertiary/aromatic N) is 1. The summed E-state index contributed by atoms with van der Waals surface area (Å²) in [4.78, 5) is 28.7. The standard InChI is InChI=1S/C30H33FN4O4/c1-4-21-11-8-12-23(31)25(21)26-24(19(2)34-28(32)27(26)29(36)38-3)30(37)39-16-13-22-17-33-14-15-35(22)18-20-9-6-5-7-10-20/h1,5-12,22,26,33-34H,13-18,32H2,2-3H3. The van der Waals surface area contributed by atoms with Crippen LogP contribution in [0, 0.1) is 18.2 Å². The van der Waals surface area contributed by atoms with Gasteiger partial charge in [0.15, 0.2) is 0 Å². The summed E-state index contributed by atoms with van der Waals surface area (Å²) < 4.78 is 25.9. The average molecular weight is 533 g/mol. The highest BCUT2D eigenvalue weighted by Gasteiger charge is 2.40. The van der Waals surface area contributed by atoms with Gasteiger partial charge in [0.2, 0.25) is 0 Å². The fourth-order valence-corrected chi connectivity index (χ4v) is 5.19. The summed E-state index contributed by atoms with van der Waals surface area (Å²) in [7, 11) is 1.19. The van der Waals surface area contributed by atoms with Crippen molar-refractivity contribution in [1.82, 2.24) is 15.5 Å². The van der Waals surface area contributed by atoms with Crippen LogP contribution in [-0.2, 0) is 25.6 Å². The Morgan fingerprint density at radius 3 is 2.64 bits per heavy atom. The number of allylic oxidation sites excluding steroid dienone is 1. The van der Waals surface area contributed by atoms with Crippen LogP contribution in [0.4, 0.5) is 4.39 Å². The smallest absolute Gasteiger partial charge is 0.338 e. The lowest BCUT2D eigenvalue weighted by atomic mass is 9.79. The predicted octanol–water partition coefficient (Wildman–Crippen LogP) is 2.52. The molecule has 0 radical (unpaired) electrons. The van der Waals surface area contributed by atoms with Crippen molar-refractivity contribution in [3.63, 3.8) is 0 Å². The van der Waals surface area contributed by atoms with Gasteiger partial charge in [0, 0.05) is 49.0 Å². The fourth-order valence-electron chi connectivity index (χ4n) is 5.19. The van der Waals surface area contributed by atoms with Gasteiger partial charge in [-0.2, -0.15) is 0 Å². The van der Waals surface area contributed by atoms with E-state index in [0.717, 1.165) is 26.2 Å². The molecule has 2 aliphatic rings. The molecule has 204 valence electrons. The molecule has 39 heavy (non-hydrogen) atoms. The second-order valence-electron chi connectivity index (χ2n) is 9.50. The number of carbonyl (C=O) groups is 2. The van der Waals surface area contributed by atoms with Gasteiger partial charge in [-0.05, 0) is 31.0 Å². The fraction of sp³-hybridized carbons (Fsp3) is 0.333. The van der Waals surface area contributed by atoms with E-state index >= 15 is 4.39 Å². The SMILES string of the molecule is C#Cc1cccc(F)c1C1C(C(=O)OCCC2CNCCN2Cc2ccccc2)=C(C)NC(N)=C1C(=O)OC. The van der Waals surface area contributed by atoms with Gasteiger partial charge in [0.25, 0.3) is 0 Å². The average Bonchev–Trinajstić information content (AvgIpc) is 2.93. The molecule has 2 heterocycles. The number of ether oxygens (including phenoxy) is 2. The minimum absolute atomic E-state index is 0.0123. The summed E-state index contributed by atoms with van der Waals surface area (Å²) in [5, 5.41) is 6.25. The maximum absolute atomic E-state index is 15.3. The first-order valence-corrected chi connectivity index (χ1v) is 12.8. The lowest BCUT2D eigenvalue weighted by Crippen LogP contribution is -2.51. The van der Waals surface area contributed by atoms with Crippen LogP contribution in [-0.4, -0.2) is 56.2 Å².